The number of rotatable bonds is 3. The molecule has 1 unspecified atom stereocenters. The molecule has 2 N–H and O–H groups in total. The van der Waals surface area contributed by atoms with Crippen molar-refractivity contribution in [3.63, 3.8) is 0 Å². The molecule has 1 aliphatic heterocycles. The third kappa shape index (κ3) is 3.64. The first-order valence-corrected chi connectivity index (χ1v) is 8.59. The van der Waals surface area contributed by atoms with Crippen LogP contribution in [-0.4, -0.2) is 51.4 Å². The highest BCUT2D eigenvalue weighted by molar-refractivity contribution is 6.09. The van der Waals surface area contributed by atoms with Crippen molar-refractivity contribution < 1.29 is 18.0 Å². The second-order valence-electron chi connectivity index (χ2n) is 6.64. The first kappa shape index (κ1) is 17.5. The summed E-state index contributed by atoms with van der Waals surface area (Å²) >= 11 is 0. The standard InChI is InChI=1S/C17H17F3N6O/c18-17(19,20)6-13(27)24-11-2-1-5-26(9-11)16-14-10(8-23-25-16)7-22-15-12(14)3-4-21-15/h3-4,7-8,11H,1-2,5-6,9H2,(H,21,22)(H,24,27). The molecule has 0 aromatic carbocycles. The second kappa shape index (κ2) is 6.67. The van der Waals surface area contributed by atoms with Crippen molar-refractivity contribution >= 4 is 33.5 Å². The number of nitrogens with zero attached hydrogens (tertiary/aromatic N) is 4. The number of anilines is 1. The molecule has 1 aliphatic rings. The largest absolute Gasteiger partial charge is 0.397 e. The lowest BCUT2D eigenvalue weighted by atomic mass is 10.0. The van der Waals surface area contributed by atoms with Crippen molar-refractivity contribution in [1.29, 1.82) is 0 Å². The van der Waals surface area contributed by atoms with E-state index in [9.17, 15) is 18.0 Å². The predicted molar refractivity (Wildman–Crippen MR) is 93.2 cm³/mol. The molecule has 4 heterocycles. The van der Waals surface area contributed by atoms with E-state index in [0.717, 1.165) is 28.2 Å². The van der Waals surface area contributed by atoms with Crippen LogP contribution in [0.15, 0.2) is 24.7 Å². The summed E-state index contributed by atoms with van der Waals surface area (Å²) in [6, 6.07) is 1.54. The van der Waals surface area contributed by atoms with Crippen molar-refractivity contribution in [2.24, 2.45) is 0 Å². The van der Waals surface area contributed by atoms with Crippen molar-refractivity contribution in [3.8, 4) is 0 Å². The third-order valence-corrected chi connectivity index (χ3v) is 4.64. The van der Waals surface area contributed by atoms with Gasteiger partial charge in [-0.3, -0.25) is 4.79 Å². The summed E-state index contributed by atoms with van der Waals surface area (Å²) in [5, 5.41) is 13.4. The van der Waals surface area contributed by atoms with E-state index in [-0.39, 0.29) is 6.04 Å². The van der Waals surface area contributed by atoms with E-state index in [1.54, 1.807) is 18.6 Å². The molecule has 10 heteroatoms. The number of halogens is 3. The minimum atomic E-state index is -4.51. The van der Waals surface area contributed by atoms with E-state index in [1.807, 2.05) is 11.0 Å². The van der Waals surface area contributed by atoms with Crippen LogP contribution in [0.3, 0.4) is 0 Å². The molecule has 0 bridgehead atoms. The fourth-order valence-corrected chi connectivity index (χ4v) is 3.54. The molecule has 0 aliphatic carbocycles. The van der Waals surface area contributed by atoms with Gasteiger partial charge < -0.3 is 15.2 Å². The van der Waals surface area contributed by atoms with Crippen LogP contribution < -0.4 is 10.2 Å². The molecule has 1 amide bonds. The Morgan fingerprint density at radius 3 is 3.04 bits per heavy atom. The maximum Gasteiger partial charge on any atom is 0.397 e. The Hall–Kier alpha value is -2.91. The number of hydrogen-bond donors (Lipinski definition) is 2. The van der Waals surface area contributed by atoms with Gasteiger partial charge in [0, 0.05) is 47.7 Å². The zero-order valence-electron chi connectivity index (χ0n) is 14.3. The topological polar surface area (TPSA) is 86.8 Å². The third-order valence-electron chi connectivity index (χ3n) is 4.64. The van der Waals surface area contributed by atoms with Crippen LogP contribution in [0.25, 0.3) is 21.8 Å². The first-order chi connectivity index (χ1) is 12.9. The molecular formula is C17H17F3N6O. The summed E-state index contributed by atoms with van der Waals surface area (Å²) in [5.41, 5.74) is 0.726. The van der Waals surface area contributed by atoms with Gasteiger partial charge in [0.15, 0.2) is 5.82 Å². The maximum atomic E-state index is 12.4. The maximum absolute atomic E-state index is 12.4. The summed E-state index contributed by atoms with van der Waals surface area (Å²) < 4.78 is 37.2. The van der Waals surface area contributed by atoms with Gasteiger partial charge in [0.05, 0.1) is 6.20 Å². The molecule has 3 aromatic rings. The van der Waals surface area contributed by atoms with E-state index in [0.29, 0.717) is 25.3 Å². The monoisotopic (exact) mass is 378 g/mol. The van der Waals surface area contributed by atoms with Gasteiger partial charge in [-0.2, -0.15) is 18.3 Å². The zero-order chi connectivity index (χ0) is 19.0. The Morgan fingerprint density at radius 1 is 1.37 bits per heavy atom. The number of carbonyl (C=O) groups excluding carboxylic acids is 1. The van der Waals surface area contributed by atoms with Gasteiger partial charge >= 0.3 is 6.18 Å². The molecule has 7 nitrogen and oxygen atoms in total. The minimum Gasteiger partial charge on any atom is -0.353 e. The second-order valence-corrected chi connectivity index (χ2v) is 6.64. The lowest BCUT2D eigenvalue weighted by Crippen LogP contribution is -2.48. The fourth-order valence-electron chi connectivity index (χ4n) is 3.54. The highest BCUT2D eigenvalue weighted by atomic mass is 19.4. The van der Waals surface area contributed by atoms with Gasteiger partial charge in [0.1, 0.15) is 12.1 Å². The minimum absolute atomic E-state index is 0.366. The SMILES string of the molecule is O=C(CC(F)(F)F)NC1CCCN(c2nncc3cnc4[nH]ccc4c23)C1. The van der Waals surface area contributed by atoms with Crippen molar-refractivity contribution in [1.82, 2.24) is 25.5 Å². The molecule has 1 atom stereocenters. The molecule has 142 valence electrons. The summed E-state index contributed by atoms with van der Waals surface area (Å²) in [7, 11) is 0. The van der Waals surface area contributed by atoms with Gasteiger partial charge in [-0.05, 0) is 18.9 Å². The molecule has 3 aromatic heterocycles. The molecule has 0 radical (unpaired) electrons. The summed E-state index contributed by atoms with van der Waals surface area (Å²) in [6.07, 6.45) is 0.511. The lowest BCUT2D eigenvalue weighted by molar-refractivity contribution is -0.154. The number of hydrogen-bond acceptors (Lipinski definition) is 5. The van der Waals surface area contributed by atoms with Crippen LogP contribution in [-0.2, 0) is 4.79 Å². The van der Waals surface area contributed by atoms with Crippen LogP contribution in [0.5, 0.6) is 0 Å². The zero-order valence-corrected chi connectivity index (χ0v) is 14.3. The molecule has 1 fully saturated rings. The number of fused-ring (bicyclic) bond motifs is 3. The molecule has 0 spiro atoms. The van der Waals surface area contributed by atoms with Gasteiger partial charge in [0.2, 0.25) is 5.91 Å². The number of nitrogens with one attached hydrogen (secondary N) is 2. The average Bonchev–Trinajstić information content (AvgIpc) is 3.08. The van der Waals surface area contributed by atoms with Gasteiger partial charge in [0.25, 0.3) is 0 Å². The smallest absolute Gasteiger partial charge is 0.353 e. The van der Waals surface area contributed by atoms with Crippen molar-refractivity contribution in [2.75, 3.05) is 18.0 Å². The van der Waals surface area contributed by atoms with Crippen LogP contribution in [0.2, 0.25) is 0 Å². The van der Waals surface area contributed by atoms with Crippen LogP contribution in [0.4, 0.5) is 19.0 Å². The number of aromatic amines is 1. The van der Waals surface area contributed by atoms with Crippen LogP contribution in [0.1, 0.15) is 19.3 Å². The molecule has 27 heavy (non-hydrogen) atoms. The highest BCUT2D eigenvalue weighted by Crippen LogP contribution is 2.31. The van der Waals surface area contributed by atoms with E-state index in [4.69, 9.17) is 0 Å². The summed E-state index contributed by atoms with van der Waals surface area (Å²) in [4.78, 5) is 21.0. The number of pyridine rings is 1. The van der Waals surface area contributed by atoms with Gasteiger partial charge in [-0.1, -0.05) is 0 Å². The van der Waals surface area contributed by atoms with Crippen LogP contribution in [0, 0.1) is 0 Å². The molecular weight excluding hydrogens is 361 g/mol. The Balaban J connectivity index is 1.60. The van der Waals surface area contributed by atoms with Gasteiger partial charge in [-0.25, -0.2) is 4.98 Å². The number of amides is 1. The van der Waals surface area contributed by atoms with Crippen LogP contribution >= 0.6 is 0 Å². The van der Waals surface area contributed by atoms with Crippen molar-refractivity contribution in [2.45, 2.75) is 31.5 Å². The normalized spacial score (nSPS) is 18.2. The Labute approximate surface area is 152 Å². The van der Waals surface area contributed by atoms with E-state index in [1.165, 1.54) is 0 Å². The fraction of sp³-hybridized carbons (Fsp3) is 0.412. The lowest BCUT2D eigenvalue weighted by Gasteiger charge is -2.34. The summed E-state index contributed by atoms with van der Waals surface area (Å²) in [6.45, 7) is 1.07. The highest BCUT2D eigenvalue weighted by Gasteiger charge is 2.33. The van der Waals surface area contributed by atoms with Gasteiger partial charge in [-0.15, -0.1) is 5.10 Å². The molecule has 4 rings (SSSR count). The Morgan fingerprint density at radius 2 is 2.22 bits per heavy atom. The number of H-pyrrole nitrogens is 1. The number of piperidine rings is 1. The Bertz CT molecular complexity index is 986. The van der Waals surface area contributed by atoms with E-state index in [2.05, 4.69) is 25.5 Å². The summed E-state index contributed by atoms with van der Waals surface area (Å²) in [5.74, 6) is -0.357. The number of aromatic nitrogens is 4. The molecule has 0 saturated carbocycles. The average molecular weight is 378 g/mol. The van der Waals surface area contributed by atoms with E-state index >= 15 is 0 Å². The Kier molecular flexibility index (Phi) is 4.33. The molecule has 1 saturated heterocycles. The number of alkyl halides is 3. The number of carbonyl (C=O) groups is 1. The quantitative estimate of drug-likeness (QED) is 0.732. The van der Waals surface area contributed by atoms with E-state index < -0.39 is 18.5 Å². The predicted octanol–water partition coefficient (Wildman–Crippen LogP) is 2.54. The first-order valence-electron chi connectivity index (χ1n) is 8.59. The van der Waals surface area contributed by atoms with Crippen molar-refractivity contribution in [3.05, 3.63) is 24.7 Å².